The molecule has 0 N–H and O–H groups in total. The molecule has 3 aromatic rings. The van der Waals surface area contributed by atoms with Crippen LogP contribution >= 0.6 is 0 Å². The summed E-state index contributed by atoms with van der Waals surface area (Å²) in [5, 5.41) is 0.0300. The molecule has 0 bridgehead atoms. The van der Waals surface area contributed by atoms with Crippen molar-refractivity contribution >= 4 is 23.0 Å². The number of aryl methyl sites for hydroxylation is 1. The number of nitrogens with zero attached hydrogens (tertiary/aromatic N) is 3. The van der Waals surface area contributed by atoms with Crippen LogP contribution in [0.1, 0.15) is 35.5 Å². The summed E-state index contributed by atoms with van der Waals surface area (Å²) in [5.41, 5.74) is 0.589. The third-order valence-corrected chi connectivity index (χ3v) is 4.59. The van der Waals surface area contributed by atoms with E-state index in [1.807, 2.05) is 37.3 Å². The van der Waals surface area contributed by atoms with Crippen molar-refractivity contribution in [2.24, 2.45) is 0 Å². The zero-order chi connectivity index (χ0) is 21.0. The van der Waals surface area contributed by atoms with Gasteiger partial charge in [0.2, 0.25) is 11.6 Å². The molecule has 0 saturated heterocycles. The molecule has 0 spiro atoms. The first-order valence-corrected chi connectivity index (χ1v) is 9.43. The van der Waals surface area contributed by atoms with Gasteiger partial charge in [-0.1, -0.05) is 30.3 Å². The van der Waals surface area contributed by atoms with E-state index in [1.54, 1.807) is 18.7 Å². The molecule has 0 aliphatic carbocycles. The van der Waals surface area contributed by atoms with E-state index < -0.39 is 11.5 Å². The summed E-state index contributed by atoms with van der Waals surface area (Å²) in [6.45, 7) is 6.05. The largest absolute Gasteiger partial charge is 0.462 e. The maximum atomic E-state index is 13.0. The molecule has 152 valence electrons. The van der Waals surface area contributed by atoms with E-state index in [-0.39, 0.29) is 41.5 Å². The highest BCUT2D eigenvalue weighted by atomic mass is 16.5. The molecular formula is C21H23N3O5. The number of amides is 1. The van der Waals surface area contributed by atoms with Crippen molar-refractivity contribution in [3.63, 3.8) is 0 Å². The van der Waals surface area contributed by atoms with Crippen molar-refractivity contribution in [2.75, 3.05) is 13.2 Å². The smallest absolute Gasteiger partial charge is 0.342 e. The van der Waals surface area contributed by atoms with Gasteiger partial charge in [-0.3, -0.25) is 14.2 Å². The van der Waals surface area contributed by atoms with Gasteiger partial charge in [-0.25, -0.2) is 9.78 Å². The number of hydrogen-bond acceptors (Lipinski definition) is 6. The van der Waals surface area contributed by atoms with E-state index in [0.29, 0.717) is 13.1 Å². The summed E-state index contributed by atoms with van der Waals surface area (Å²) in [7, 11) is 0. The molecule has 3 rings (SSSR count). The van der Waals surface area contributed by atoms with E-state index >= 15 is 0 Å². The Balaban J connectivity index is 1.90. The first kappa shape index (κ1) is 20.3. The Bertz CT molecular complexity index is 1080. The highest BCUT2D eigenvalue weighted by Gasteiger charge is 2.24. The third-order valence-electron chi connectivity index (χ3n) is 4.59. The number of benzene rings is 1. The molecule has 0 radical (unpaired) electrons. The van der Waals surface area contributed by atoms with Crippen LogP contribution in [-0.4, -0.2) is 39.5 Å². The van der Waals surface area contributed by atoms with Gasteiger partial charge in [0.05, 0.1) is 6.61 Å². The Morgan fingerprint density at radius 2 is 1.93 bits per heavy atom. The molecular weight excluding hydrogens is 374 g/mol. The lowest BCUT2D eigenvalue weighted by Crippen LogP contribution is -2.36. The lowest BCUT2D eigenvalue weighted by atomic mass is 10.2. The van der Waals surface area contributed by atoms with Crippen molar-refractivity contribution in [1.82, 2.24) is 14.5 Å². The summed E-state index contributed by atoms with van der Waals surface area (Å²) in [5.74, 6) is -0.616. The number of aromatic nitrogens is 2. The number of carbonyl (C=O) groups excluding carboxylic acids is 2. The summed E-state index contributed by atoms with van der Waals surface area (Å²) < 4.78 is 11.6. The quantitative estimate of drug-likeness (QED) is 0.569. The SMILES string of the molecule is CCOC(=O)c1c(C)oc2ncn(CC(=O)N(CC)Cc3ccccc3)c(=O)c12. The fourth-order valence-corrected chi connectivity index (χ4v) is 3.13. The first-order valence-electron chi connectivity index (χ1n) is 9.43. The molecule has 1 amide bonds. The second kappa shape index (κ2) is 8.72. The Labute approximate surface area is 167 Å². The highest BCUT2D eigenvalue weighted by Crippen LogP contribution is 2.21. The Kier molecular flexibility index (Phi) is 6.11. The highest BCUT2D eigenvalue weighted by molar-refractivity contribution is 6.03. The third kappa shape index (κ3) is 4.21. The van der Waals surface area contributed by atoms with E-state index in [9.17, 15) is 14.4 Å². The molecule has 0 aliphatic rings. The summed E-state index contributed by atoms with van der Waals surface area (Å²) in [4.78, 5) is 43.8. The molecule has 0 unspecified atom stereocenters. The molecule has 29 heavy (non-hydrogen) atoms. The molecule has 0 fully saturated rings. The summed E-state index contributed by atoms with van der Waals surface area (Å²) >= 11 is 0. The Hall–Kier alpha value is -3.42. The Morgan fingerprint density at radius 3 is 2.59 bits per heavy atom. The van der Waals surface area contributed by atoms with Crippen LogP contribution in [-0.2, 0) is 22.6 Å². The zero-order valence-electron chi connectivity index (χ0n) is 16.7. The zero-order valence-corrected chi connectivity index (χ0v) is 16.7. The average Bonchev–Trinajstić information content (AvgIpc) is 3.06. The normalized spacial score (nSPS) is 10.9. The molecule has 1 aromatic carbocycles. The standard InChI is InChI=1S/C21H23N3O5/c1-4-23(11-15-9-7-6-8-10-15)16(25)12-24-13-22-19-18(20(24)26)17(14(3)29-19)21(27)28-5-2/h6-10,13H,4-5,11-12H2,1-3H3. The van der Waals surface area contributed by atoms with Crippen LogP contribution in [0.5, 0.6) is 0 Å². The van der Waals surface area contributed by atoms with Crippen LogP contribution < -0.4 is 5.56 Å². The van der Waals surface area contributed by atoms with Crippen LogP contribution in [0.3, 0.4) is 0 Å². The van der Waals surface area contributed by atoms with Gasteiger partial charge in [-0.2, -0.15) is 0 Å². The number of likely N-dealkylation sites (N-methyl/N-ethyl adjacent to an activating group) is 1. The minimum absolute atomic E-state index is 0.0300. The molecule has 0 atom stereocenters. The minimum atomic E-state index is -0.647. The van der Waals surface area contributed by atoms with Gasteiger partial charge in [-0.05, 0) is 26.3 Å². The molecule has 2 heterocycles. The van der Waals surface area contributed by atoms with Crippen molar-refractivity contribution < 1.29 is 18.7 Å². The van der Waals surface area contributed by atoms with Gasteiger partial charge >= 0.3 is 5.97 Å². The second-order valence-electron chi connectivity index (χ2n) is 6.51. The fraction of sp³-hybridized carbons (Fsp3) is 0.333. The molecule has 8 nitrogen and oxygen atoms in total. The summed E-state index contributed by atoms with van der Waals surface area (Å²) in [6.07, 6.45) is 1.26. The van der Waals surface area contributed by atoms with Crippen LogP contribution in [0.2, 0.25) is 0 Å². The van der Waals surface area contributed by atoms with Crippen molar-refractivity contribution in [3.05, 3.63) is 63.9 Å². The predicted molar refractivity (Wildman–Crippen MR) is 106 cm³/mol. The van der Waals surface area contributed by atoms with Crippen molar-refractivity contribution in [2.45, 2.75) is 33.9 Å². The molecule has 8 heteroatoms. The topological polar surface area (TPSA) is 94.6 Å². The number of furan rings is 1. The maximum Gasteiger partial charge on any atom is 0.342 e. The first-order chi connectivity index (χ1) is 14.0. The van der Waals surface area contributed by atoms with Gasteiger partial charge in [0, 0.05) is 13.1 Å². The lowest BCUT2D eigenvalue weighted by Gasteiger charge is -2.21. The molecule has 0 saturated carbocycles. The van der Waals surface area contributed by atoms with Crippen molar-refractivity contribution in [1.29, 1.82) is 0 Å². The molecule has 0 aliphatic heterocycles. The monoisotopic (exact) mass is 397 g/mol. The van der Waals surface area contributed by atoms with Gasteiger partial charge in [0.15, 0.2) is 0 Å². The van der Waals surface area contributed by atoms with Crippen LogP contribution in [0.4, 0.5) is 0 Å². The van der Waals surface area contributed by atoms with Crippen LogP contribution in [0.15, 0.2) is 45.9 Å². The van der Waals surface area contributed by atoms with E-state index in [1.165, 1.54) is 10.9 Å². The van der Waals surface area contributed by atoms with Gasteiger partial charge in [0.25, 0.3) is 5.56 Å². The lowest BCUT2D eigenvalue weighted by molar-refractivity contribution is -0.132. The van der Waals surface area contributed by atoms with E-state index in [2.05, 4.69) is 4.98 Å². The number of carbonyl (C=O) groups is 2. The number of fused-ring (bicyclic) bond motifs is 1. The predicted octanol–water partition coefficient (Wildman–Crippen LogP) is 2.52. The van der Waals surface area contributed by atoms with Crippen LogP contribution in [0, 0.1) is 6.92 Å². The van der Waals surface area contributed by atoms with Gasteiger partial charge < -0.3 is 14.1 Å². The van der Waals surface area contributed by atoms with Crippen LogP contribution in [0.25, 0.3) is 11.1 Å². The fourth-order valence-electron chi connectivity index (χ4n) is 3.13. The van der Waals surface area contributed by atoms with E-state index in [0.717, 1.165) is 5.56 Å². The summed E-state index contributed by atoms with van der Waals surface area (Å²) in [6, 6.07) is 9.61. The number of ether oxygens (including phenoxy) is 1. The van der Waals surface area contributed by atoms with Crippen molar-refractivity contribution in [3.8, 4) is 0 Å². The average molecular weight is 397 g/mol. The maximum absolute atomic E-state index is 13.0. The number of esters is 1. The van der Waals surface area contributed by atoms with Gasteiger partial charge in [0.1, 0.15) is 29.6 Å². The Morgan fingerprint density at radius 1 is 1.21 bits per heavy atom. The van der Waals surface area contributed by atoms with E-state index in [4.69, 9.17) is 9.15 Å². The molecule has 2 aromatic heterocycles. The minimum Gasteiger partial charge on any atom is -0.462 e. The number of rotatable bonds is 7. The van der Waals surface area contributed by atoms with Gasteiger partial charge in [-0.15, -0.1) is 0 Å². The second-order valence-corrected chi connectivity index (χ2v) is 6.51. The number of hydrogen-bond donors (Lipinski definition) is 0.